The topological polar surface area (TPSA) is 46.3 Å². The highest BCUT2D eigenvalue weighted by molar-refractivity contribution is 5.99. The Balaban J connectivity index is 2.22. The number of nitrogens with two attached hydrogens (primary N) is 1. The van der Waals surface area contributed by atoms with Gasteiger partial charge in [0.25, 0.3) is 5.91 Å². The Morgan fingerprint density at radius 1 is 1.29 bits per heavy atom. The Bertz CT molecular complexity index is 416. The highest BCUT2D eigenvalue weighted by Crippen LogP contribution is 2.24. The van der Waals surface area contributed by atoms with Gasteiger partial charge in [-0.15, -0.1) is 0 Å². The molecule has 2 atom stereocenters. The molecule has 0 aromatic heterocycles. The second-order valence-electron chi connectivity index (χ2n) is 5.08. The Morgan fingerprint density at radius 2 is 2.00 bits per heavy atom. The normalized spacial score (nSPS) is 24.7. The van der Waals surface area contributed by atoms with Crippen molar-refractivity contribution in [3.8, 4) is 0 Å². The van der Waals surface area contributed by atoms with Gasteiger partial charge in [0.1, 0.15) is 0 Å². The number of carbonyl (C=O) groups excluding carboxylic acids is 1. The third-order valence-electron chi connectivity index (χ3n) is 3.57. The molecule has 3 heteroatoms. The molecule has 1 aliphatic rings. The number of likely N-dealkylation sites (tertiary alicyclic amines) is 1. The zero-order valence-electron chi connectivity index (χ0n) is 10.5. The molecule has 2 N–H and O–H groups in total. The van der Waals surface area contributed by atoms with E-state index in [4.69, 9.17) is 5.73 Å². The number of piperidine rings is 1. The predicted molar refractivity (Wildman–Crippen MR) is 69.8 cm³/mol. The summed E-state index contributed by atoms with van der Waals surface area (Å²) in [7, 11) is 0. The fraction of sp³-hybridized carbons (Fsp3) is 0.500. The molecule has 1 saturated heterocycles. The molecule has 1 fully saturated rings. The molecular formula is C14H20N2O. The number of hydrogen-bond acceptors (Lipinski definition) is 2. The molecule has 1 aromatic rings. The van der Waals surface area contributed by atoms with E-state index >= 15 is 0 Å². The number of hydrogen-bond donors (Lipinski definition) is 1. The summed E-state index contributed by atoms with van der Waals surface area (Å²) in [6, 6.07) is 7.63. The number of amides is 1. The van der Waals surface area contributed by atoms with Gasteiger partial charge >= 0.3 is 0 Å². The molecule has 3 nitrogen and oxygen atoms in total. The molecule has 0 aliphatic carbocycles. The van der Waals surface area contributed by atoms with Crippen molar-refractivity contribution in [3.05, 3.63) is 29.8 Å². The average molecular weight is 232 g/mol. The van der Waals surface area contributed by atoms with Gasteiger partial charge in [-0.1, -0.05) is 19.1 Å². The summed E-state index contributed by atoms with van der Waals surface area (Å²) in [4.78, 5) is 14.4. The van der Waals surface area contributed by atoms with Crippen molar-refractivity contribution in [3.63, 3.8) is 0 Å². The summed E-state index contributed by atoms with van der Waals surface area (Å²) in [5.74, 6) is 0.655. The maximum absolute atomic E-state index is 12.4. The van der Waals surface area contributed by atoms with Gasteiger partial charge in [-0.2, -0.15) is 0 Å². The summed E-state index contributed by atoms with van der Waals surface area (Å²) < 4.78 is 0. The number of nitrogen functional groups attached to an aromatic ring is 1. The van der Waals surface area contributed by atoms with Crippen LogP contribution in [0.3, 0.4) is 0 Å². The van der Waals surface area contributed by atoms with Crippen molar-refractivity contribution in [1.82, 2.24) is 4.90 Å². The molecule has 0 saturated carbocycles. The van der Waals surface area contributed by atoms with E-state index in [-0.39, 0.29) is 5.91 Å². The van der Waals surface area contributed by atoms with Crippen molar-refractivity contribution in [2.75, 3.05) is 12.3 Å². The van der Waals surface area contributed by atoms with Crippen LogP contribution in [0, 0.1) is 5.92 Å². The van der Waals surface area contributed by atoms with Crippen LogP contribution in [0.5, 0.6) is 0 Å². The molecule has 1 aliphatic heterocycles. The van der Waals surface area contributed by atoms with Crippen molar-refractivity contribution in [1.29, 1.82) is 0 Å². The van der Waals surface area contributed by atoms with Crippen molar-refractivity contribution >= 4 is 11.6 Å². The molecule has 17 heavy (non-hydrogen) atoms. The van der Waals surface area contributed by atoms with Crippen LogP contribution < -0.4 is 5.73 Å². The van der Waals surface area contributed by atoms with Crippen LogP contribution in [-0.4, -0.2) is 23.4 Å². The number of nitrogens with zero attached hydrogens (tertiary/aromatic N) is 1. The Hall–Kier alpha value is -1.51. The van der Waals surface area contributed by atoms with Crippen LogP contribution >= 0.6 is 0 Å². The van der Waals surface area contributed by atoms with E-state index in [1.54, 1.807) is 6.07 Å². The fourth-order valence-corrected chi connectivity index (χ4v) is 2.42. The number of carbonyl (C=O) groups is 1. The molecule has 92 valence electrons. The maximum atomic E-state index is 12.4. The third kappa shape index (κ3) is 2.43. The van der Waals surface area contributed by atoms with E-state index < -0.39 is 0 Å². The van der Waals surface area contributed by atoms with E-state index in [9.17, 15) is 4.79 Å². The van der Waals surface area contributed by atoms with Crippen molar-refractivity contribution in [2.45, 2.75) is 32.7 Å². The van der Waals surface area contributed by atoms with Crippen LogP contribution in [0.15, 0.2) is 24.3 Å². The van der Waals surface area contributed by atoms with Crippen LogP contribution in [-0.2, 0) is 0 Å². The quantitative estimate of drug-likeness (QED) is 0.756. The van der Waals surface area contributed by atoms with E-state index in [0.29, 0.717) is 23.2 Å². The molecule has 2 unspecified atom stereocenters. The van der Waals surface area contributed by atoms with Gasteiger partial charge in [-0.25, -0.2) is 0 Å². The standard InChI is InChI=1S/C14H20N2O/c1-10-7-8-11(2)16(9-10)14(17)12-5-3-4-6-13(12)15/h3-6,10-11H,7-9,15H2,1-2H3. The van der Waals surface area contributed by atoms with Crippen LogP contribution in [0.2, 0.25) is 0 Å². The first-order valence-electron chi connectivity index (χ1n) is 6.25. The fourth-order valence-electron chi connectivity index (χ4n) is 2.42. The number of anilines is 1. The molecule has 1 aromatic carbocycles. The third-order valence-corrected chi connectivity index (χ3v) is 3.57. The molecule has 0 radical (unpaired) electrons. The zero-order valence-corrected chi connectivity index (χ0v) is 10.5. The van der Waals surface area contributed by atoms with Crippen LogP contribution in [0.1, 0.15) is 37.0 Å². The first kappa shape index (κ1) is 12.0. The summed E-state index contributed by atoms with van der Waals surface area (Å²) in [5.41, 5.74) is 7.07. The van der Waals surface area contributed by atoms with E-state index in [2.05, 4.69) is 13.8 Å². The van der Waals surface area contributed by atoms with Gasteiger partial charge in [0.05, 0.1) is 5.56 Å². The zero-order chi connectivity index (χ0) is 12.4. The highest BCUT2D eigenvalue weighted by Gasteiger charge is 2.28. The summed E-state index contributed by atoms with van der Waals surface area (Å²) in [5, 5.41) is 0. The van der Waals surface area contributed by atoms with Gasteiger partial charge in [0, 0.05) is 18.3 Å². The van der Waals surface area contributed by atoms with E-state index in [1.165, 1.54) is 6.42 Å². The first-order chi connectivity index (χ1) is 8.09. The molecule has 2 rings (SSSR count). The van der Waals surface area contributed by atoms with Gasteiger partial charge in [0.2, 0.25) is 0 Å². The Morgan fingerprint density at radius 3 is 2.71 bits per heavy atom. The summed E-state index contributed by atoms with van der Waals surface area (Å²) in [6.07, 6.45) is 2.29. The lowest BCUT2D eigenvalue weighted by molar-refractivity contribution is 0.0575. The van der Waals surface area contributed by atoms with E-state index in [1.807, 2.05) is 23.1 Å². The minimum Gasteiger partial charge on any atom is -0.398 e. The molecule has 0 bridgehead atoms. The molecule has 1 amide bonds. The van der Waals surface area contributed by atoms with Gasteiger partial charge in [-0.3, -0.25) is 4.79 Å². The molecular weight excluding hydrogens is 212 g/mol. The lowest BCUT2D eigenvalue weighted by atomic mass is 9.94. The molecule has 1 heterocycles. The summed E-state index contributed by atoms with van der Waals surface area (Å²) in [6.45, 7) is 5.15. The Labute approximate surface area is 103 Å². The number of para-hydroxylation sites is 1. The van der Waals surface area contributed by atoms with Gasteiger partial charge in [-0.05, 0) is 37.8 Å². The predicted octanol–water partition coefficient (Wildman–Crippen LogP) is 2.53. The average Bonchev–Trinajstić information content (AvgIpc) is 2.32. The number of rotatable bonds is 1. The second-order valence-corrected chi connectivity index (χ2v) is 5.08. The maximum Gasteiger partial charge on any atom is 0.256 e. The largest absolute Gasteiger partial charge is 0.398 e. The monoisotopic (exact) mass is 232 g/mol. The SMILES string of the molecule is CC1CCC(C)N(C(=O)c2ccccc2N)C1. The van der Waals surface area contributed by atoms with Crippen molar-refractivity contribution < 1.29 is 4.79 Å². The first-order valence-corrected chi connectivity index (χ1v) is 6.25. The van der Waals surface area contributed by atoms with Crippen LogP contribution in [0.25, 0.3) is 0 Å². The Kier molecular flexibility index (Phi) is 3.36. The van der Waals surface area contributed by atoms with Gasteiger partial charge < -0.3 is 10.6 Å². The van der Waals surface area contributed by atoms with Crippen LogP contribution in [0.4, 0.5) is 5.69 Å². The van der Waals surface area contributed by atoms with Crippen molar-refractivity contribution in [2.24, 2.45) is 5.92 Å². The second kappa shape index (κ2) is 4.78. The minimum atomic E-state index is 0.0714. The smallest absolute Gasteiger partial charge is 0.256 e. The molecule has 0 spiro atoms. The summed E-state index contributed by atoms with van der Waals surface area (Å²) >= 11 is 0. The lowest BCUT2D eigenvalue weighted by Gasteiger charge is -2.37. The highest BCUT2D eigenvalue weighted by atomic mass is 16.2. The number of benzene rings is 1. The van der Waals surface area contributed by atoms with Gasteiger partial charge in [0.15, 0.2) is 0 Å². The van der Waals surface area contributed by atoms with E-state index in [0.717, 1.165) is 13.0 Å². The lowest BCUT2D eigenvalue weighted by Crippen LogP contribution is -2.45. The minimum absolute atomic E-state index is 0.0714.